The van der Waals surface area contributed by atoms with Gasteiger partial charge in [0.05, 0.1) is 30.8 Å². The van der Waals surface area contributed by atoms with Crippen molar-refractivity contribution in [2.45, 2.75) is 39.3 Å². The van der Waals surface area contributed by atoms with E-state index in [1.807, 2.05) is 62.4 Å². The first-order valence-electron chi connectivity index (χ1n) is 12.4. The van der Waals surface area contributed by atoms with Crippen molar-refractivity contribution >= 4 is 34.6 Å². The number of hydrogen-bond acceptors (Lipinski definition) is 4. The highest BCUT2D eigenvalue weighted by Crippen LogP contribution is 2.29. The number of carbonyl (C=O) groups excluding carboxylic acids is 1. The molecule has 0 aliphatic rings. The lowest BCUT2D eigenvalue weighted by Gasteiger charge is -2.17. The number of amides is 1. The van der Waals surface area contributed by atoms with Crippen molar-refractivity contribution in [1.29, 1.82) is 0 Å². The van der Waals surface area contributed by atoms with Crippen LogP contribution in [0.4, 0.5) is 0 Å². The van der Waals surface area contributed by atoms with Gasteiger partial charge in [-0.1, -0.05) is 48.0 Å². The fourth-order valence-electron chi connectivity index (χ4n) is 4.29. The van der Waals surface area contributed by atoms with Crippen LogP contribution in [0.15, 0.2) is 72.8 Å². The van der Waals surface area contributed by atoms with Gasteiger partial charge in [0.25, 0.3) is 5.91 Å². The third-order valence-electron chi connectivity index (χ3n) is 6.09. The second-order valence-corrected chi connectivity index (χ2v) is 9.22. The van der Waals surface area contributed by atoms with E-state index in [2.05, 4.69) is 16.0 Å². The van der Waals surface area contributed by atoms with Crippen LogP contribution in [0.5, 0.6) is 11.5 Å². The second-order valence-electron chi connectivity index (χ2n) is 8.78. The number of nitrogens with zero attached hydrogens (tertiary/aromatic N) is 2. The van der Waals surface area contributed by atoms with E-state index in [-0.39, 0.29) is 11.9 Å². The van der Waals surface area contributed by atoms with E-state index in [0.717, 1.165) is 53.3 Å². The molecule has 1 unspecified atom stereocenters. The van der Waals surface area contributed by atoms with Crippen LogP contribution < -0.4 is 14.8 Å². The van der Waals surface area contributed by atoms with Gasteiger partial charge in [0.2, 0.25) is 0 Å². The number of para-hydroxylation sites is 2. The molecule has 0 fully saturated rings. The van der Waals surface area contributed by atoms with E-state index in [1.165, 1.54) is 0 Å². The van der Waals surface area contributed by atoms with E-state index < -0.39 is 0 Å². The van der Waals surface area contributed by atoms with Gasteiger partial charge in [-0.3, -0.25) is 4.79 Å². The Kier molecular flexibility index (Phi) is 8.86. The Morgan fingerprint density at radius 1 is 1.08 bits per heavy atom. The first-order chi connectivity index (χ1) is 18.0. The van der Waals surface area contributed by atoms with Gasteiger partial charge in [-0.25, -0.2) is 4.98 Å². The number of unbranched alkanes of at least 4 members (excludes halogenated alkanes) is 1. The number of carbonyl (C=O) groups is 1. The highest BCUT2D eigenvalue weighted by molar-refractivity contribution is 6.30. The van der Waals surface area contributed by atoms with Gasteiger partial charge < -0.3 is 19.4 Å². The Balaban J connectivity index is 1.41. The maximum atomic E-state index is 12.8. The number of imidazole rings is 1. The average molecular weight is 518 g/mol. The molecule has 0 radical (unpaired) electrons. The lowest BCUT2D eigenvalue weighted by molar-refractivity contribution is 0.0937. The van der Waals surface area contributed by atoms with Crippen LogP contribution in [0, 0.1) is 0 Å². The zero-order valence-electron chi connectivity index (χ0n) is 21.4. The van der Waals surface area contributed by atoms with Gasteiger partial charge in [-0.2, -0.15) is 0 Å². The number of fused-ring (bicyclic) bond motifs is 1. The van der Waals surface area contributed by atoms with Crippen LogP contribution in [0.1, 0.15) is 54.5 Å². The van der Waals surface area contributed by atoms with Crippen LogP contribution >= 0.6 is 11.6 Å². The topological polar surface area (TPSA) is 65.4 Å². The fraction of sp³-hybridized carbons (Fsp3) is 0.267. The molecule has 7 heteroatoms. The van der Waals surface area contributed by atoms with Crippen molar-refractivity contribution in [3.63, 3.8) is 0 Å². The number of halogens is 1. The summed E-state index contributed by atoms with van der Waals surface area (Å²) in [5.41, 5.74) is 3.54. The Bertz CT molecular complexity index is 1400. The molecule has 4 rings (SSSR count). The van der Waals surface area contributed by atoms with Crippen LogP contribution in [0.3, 0.4) is 0 Å². The van der Waals surface area contributed by atoms with Crippen molar-refractivity contribution in [3.8, 4) is 11.5 Å². The minimum Gasteiger partial charge on any atom is -0.493 e. The Hall–Kier alpha value is -3.77. The first kappa shape index (κ1) is 26.3. The maximum Gasteiger partial charge on any atom is 0.251 e. The number of nitrogens with one attached hydrogen (secondary N) is 1. The standard InChI is InChI=1S/C30H32ClN3O3/c1-4-10-22-15-16-27(28(19-22)36-3)37-18-8-7-17-34-26-14-6-5-13-25(26)33-29(34)21(2)32-30(35)23-11-9-12-24(31)20-23/h4-6,9-16,19-21H,7-8,17-18H2,1-3H3,(H,32,35)/b10-4+. The normalized spacial score (nSPS) is 12.1. The molecule has 6 nitrogen and oxygen atoms in total. The zero-order valence-corrected chi connectivity index (χ0v) is 22.2. The number of benzene rings is 3. The summed E-state index contributed by atoms with van der Waals surface area (Å²) in [6.45, 7) is 5.27. The summed E-state index contributed by atoms with van der Waals surface area (Å²) in [6.07, 6.45) is 5.76. The molecule has 1 aromatic heterocycles. The zero-order chi connectivity index (χ0) is 26.2. The third-order valence-corrected chi connectivity index (χ3v) is 6.32. The molecule has 0 aliphatic carbocycles. The Morgan fingerprint density at radius 3 is 2.70 bits per heavy atom. The molecule has 37 heavy (non-hydrogen) atoms. The molecule has 4 aromatic rings. The molecule has 0 spiro atoms. The minimum atomic E-state index is -0.282. The number of methoxy groups -OCH3 is 1. The van der Waals surface area contributed by atoms with Gasteiger partial charge in [-0.05, 0) is 74.7 Å². The van der Waals surface area contributed by atoms with Gasteiger partial charge in [0, 0.05) is 17.1 Å². The molecule has 3 aromatic carbocycles. The van der Waals surface area contributed by atoms with Gasteiger partial charge in [0.1, 0.15) is 5.82 Å². The summed E-state index contributed by atoms with van der Waals surface area (Å²) in [6, 6.07) is 20.6. The van der Waals surface area contributed by atoms with Crippen molar-refractivity contribution < 1.29 is 14.3 Å². The highest BCUT2D eigenvalue weighted by Gasteiger charge is 2.19. The van der Waals surface area contributed by atoms with Crippen molar-refractivity contribution in [1.82, 2.24) is 14.9 Å². The number of allylic oxidation sites excluding steroid dienone is 1. The quantitative estimate of drug-likeness (QED) is 0.216. The minimum absolute atomic E-state index is 0.184. The lowest BCUT2D eigenvalue weighted by atomic mass is 10.2. The number of ether oxygens (including phenoxy) is 2. The number of aromatic nitrogens is 2. The van der Waals surface area contributed by atoms with E-state index in [4.69, 9.17) is 26.1 Å². The average Bonchev–Trinajstić information content (AvgIpc) is 3.28. The Labute approximate surface area is 222 Å². The SMILES string of the molecule is C/C=C/c1ccc(OCCCCn2c(C(C)NC(=O)c3cccc(Cl)c3)nc3ccccc32)c(OC)c1. The molecule has 0 bridgehead atoms. The molecule has 0 aliphatic heterocycles. The van der Waals surface area contributed by atoms with Gasteiger partial charge in [0.15, 0.2) is 11.5 Å². The third kappa shape index (κ3) is 6.52. The molecule has 1 N–H and O–H groups in total. The predicted octanol–water partition coefficient (Wildman–Crippen LogP) is 7.08. The van der Waals surface area contributed by atoms with Crippen LogP contribution in [0.25, 0.3) is 17.1 Å². The molecule has 1 amide bonds. The van der Waals surface area contributed by atoms with E-state index in [1.54, 1.807) is 31.4 Å². The van der Waals surface area contributed by atoms with E-state index in [9.17, 15) is 4.79 Å². The largest absolute Gasteiger partial charge is 0.493 e. The summed E-state index contributed by atoms with van der Waals surface area (Å²) < 4.78 is 13.7. The van der Waals surface area contributed by atoms with Gasteiger partial charge in [-0.15, -0.1) is 0 Å². The van der Waals surface area contributed by atoms with Crippen LogP contribution in [-0.2, 0) is 6.54 Å². The summed E-state index contributed by atoms with van der Waals surface area (Å²) in [5.74, 6) is 2.10. The second kappa shape index (κ2) is 12.5. The molecule has 192 valence electrons. The predicted molar refractivity (Wildman–Crippen MR) is 149 cm³/mol. The molecular weight excluding hydrogens is 486 g/mol. The number of rotatable bonds is 11. The fourth-order valence-corrected chi connectivity index (χ4v) is 4.48. The molecular formula is C30H32ClN3O3. The van der Waals surface area contributed by atoms with Crippen molar-refractivity contribution in [2.24, 2.45) is 0 Å². The molecule has 1 heterocycles. The first-order valence-corrected chi connectivity index (χ1v) is 12.8. The van der Waals surface area contributed by atoms with Crippen molar-refractivity contribution in [2.75, 3.05) is 13.7 Å². The van der Waals surface area contributed by atoms with E-state index >= 15 is 0 Å². The summed E-state index contributed by atoms with van der Waals surface area (Å²) >= 11 is 6.06. The summed E-state index contributed by atoms with van der Waals surface area (Å²) in [7, 11) is 1.65. The molecule has 0 saturated carbocycles. The van der Waals surface area contributed by atoms with Gasteiger partial charge >= 0.3 is 0 Å². The maximum absolute atomic E-state index is 12.8. The lowest BCUT2D eigenvalue weighted by Crippen LogP contribution is -2.28. The highest BCUT2D eigenvalue weighted by atomic mass is 35.5. The Morgan fingerprint density at radius 2 is 1.92 bits per heavy atom. The molecule has 1 atom stereocenters. The monoisotopic (exact) mass is 517 g/mol. The smallest absolute Gasteiger partial charge is 0.251 e. The number of aryl methyl sites for hydroxylation is 1. The summed E-state index contributed by atoms with van der Waals surface area (Å²) in [4.78, 5) is 17.7. The molecule has 0 saturated heterocycles. The van der Waals surface area contributed by atoms with E-state index in [0.29, 0.717) is 17.2 Å². The van der Waals surface area contributed by atoms with Crippen LogP contribution in [0.2, 0.25) is 5.02 Å². The number of hydrogen-bond donors (Lipinski definition) is 1. The van der Waals surface area contributed by atoms with Crippen molar-refractivity contribution in [3.05, 3.63) is 94.8 Å². The summed E-state index contributed by atoms with van der Waals surface area (Å²) in [5, 5.41) is 3.59. The van der Waals surface area contributed by atoms with Crippen LogP contribution in [-0.4, -0.2) is 29.2 Å².